The van der Waals surface area contributed by atoms with E-state index in [0.29, 0.717) is 11.5 Å². The number of ether oxygens (including phenoxy) is 2. The Hall–Kier alpha value is -1.87. The molecule has 0 aliphatic carbocycles. The molecule has 5 heteroatoms. The Labute approximate surface area is 100 Å². The molecule has 1 heterocycles. The number of esters is 1. The molecule has 92 valence electrons. The van der Waals surface area contributed by atoms with Gasteiger partial charge in [0.25, 0.3) is 0 Å². The second-order valence-electron chi connectivity index (χ2n) is 4.06. The van der Waals surface area contributed by atoms with Gasteiger partial charge in [-0.15, -0.1) is 0 Å². The largest absolute Gasteiger partial charge is 0.467 e. The first-order valence-corrected chi connectivity index (χ1v) is 5.39. The fourth-order valence-corrected chi connectivity index (χ4v) is 1.90. The summed E-state index contributed by atoms with van der Waals surface area (Å²) >= 11 is 0. The standard InChI is InChI=1S/C12H16N2O3/c1-5-16-11(15)10(14-13)12(4)6-8(2)17-9(3)7-12/h6-7H,5H2,1-4H3. The van der Waals surface area contributed by atoms with Crippen LogP contribution < -0.4 is 0 Å². The number of allylic oxidation sites excluding steroid dienone is 4. The average molecular weight is 236 g/mol. The van der Waals surface area contributed by atoms with Crippen molar-refractivity contribution in [2.45, 2.75) is 27.7 Å². The summed E-state index contributed by atoms with van der Waals surface area (Å²) < 4.78 is 10.2. The average Bonchev–Trinajstić information content (AvgIpc) is 2.15. The van der Waals surface area contributed by atoms with Crippen molar-refractivity contribution in [1.29, 1.82) is 0 Å². The third-order valence-corrected chi connectivity index (χ3v) is 2.41. The highest BCUT2D eigenvalue weighted by Gasteiger charge is 2.43. The van der Waals surface area contributed by atoms with Gasteiger partial charge in [0.1, 0.15) is 5.41 Å². The van der Waals surface area contributed by atoms with Gasteiger partial charge in [0.2, 0.25) is 0 Å². The molecular weight excluding hydrogens is 220 g/mol. The first kappa shape index (κ1) is 13.2. The Balaban J connectivity index is 3.16. The van der Waals surface area contributed by atoms with Gasteiger partial charge in [-0.1, -0.05) is 0 Å². The molecule has 0 aromatic rings. The summed E-state index contributed by atoms with van der Waals surface area (Å²) in [6.45, 7) is 7.23. The fourth-order valence-electron chi connectivity index (χ4n) is 1.90. The Morgan fingerprint density at radius 3 is 2.41 bits per heavy atom. The van der Waals surface area contributed by atoms with E-state index >= 15 is 0 Å². The topological polar surface area (TPSA) is 71.9 Å². The van der Waals surface area contributed by atoms with Crippen LogP contribution in [0.15, 0.2) is 23.7 Å². The van der Waals surface area contributed by atoms with Gasteiger partial charge < -0.3 is 15.0 Å². The molecular formula is C12H16N2O3. The van der Waals surface area contributed by atoms with Gasteiger partial charge >= 0.3 is 11.7 Å². The van der Waals surface area contributed by atoms with Crippen LogP contribution in [0, 0.1) is 5.41 Å². The summed E-state index contributed by atoms with van der Waals surface area (Å²) in [5.41, 5.74) is 8.13. The lowest BCUT2D eigenvalue weighted by Gasteiger charge is -2.23. The van der Waals surface area contributed by atoms with E-state index in [4.69, 9.17) is 15.0 Å². The van der Waals surface area contributed by atoms with E-state index in [-0.39, 0.29) is 12.3 Å². The highest BCUT2D eigenvalue weighted by molar-refractivity contribution is 6.37. The van der Waals surface area contributed by atoms with Crippen LogP contribution in [0.5, 0.6) is 0 Å². The maximum Gasteiger partial charge on any atom is 0.418 e. The molecule has 0 aromatic heterocycles. The second kappa shape index (κ2) is 4.97. The molecule has 0 amide bonds. The molecule has 0 spiro atoms. The van der Waals surface area contributed by atoms with Crippen molar-refractivity contribution in [3.8, 4) is 0 Å². The molecule has 0 aromatic carbocycles. The highest BCUT2D eigenvalue weighted by atomic mass is 16.5. The summed E-state index contributed by atoms with van der Waals surface area (Å²) in [5.74, 6) is 0.670. The van der Waals surface area contributed by atoms with Crippen LogP contribution in [-0.4, -0.2) is 23.1 Å². The van der Waals surface area contributed by atoms with E-state index in [0.717, 1.165) is 0 Å². The van der Waals surface area contributed by atoms with E-state index in [2.05, 4.69) is 4.79 Å². The molecule has 0 unspecified atom stereocenters. The second-order valence-corrected chi connectivity index (χ2v) is 4.06. The minimum Gasteiger partial charge on any atom is -0.467 e. The van der Waals surface area contributed by atoms with Gasteiger partial charge in [0.15, 0.2) is 0 Å². The van der Waals surface area contributed by atoms with Crippen LogP contribution in [0.2, 0.25) is 0 Å². The van der Waals surface area contributed by atoms with E-state index in [1.54, 1.807) is 39.8 Å². The van der Waals surface area contributed by atoms with Gasteiger partial charge in [0, 0.05) is 0 Å². The minimum atomic E-state index is -0.812. The van der Waals surface area contributed by atoms with Crippen molar-refractivity contribution in [1.82, 2.24) is 0 Å². The molecule has 1 aliphatic heterocycles. The maximum atomic E-state index is 11.7. The number of rotatable bonds is 3. The van der Waals surface area contributed by atoms with Crippen LogP contribution in [0.4, 0.5) is 0 Å². The molecule has 17 heavy (non-hydrogen) atoms. The van der Waals surface area contributed by atoms with Gasteiger partial charge in [-0.3, -0.25) is 0 Å². The molecule has 0 saturated carbocycles. The molecule has 1 rings (SSSR count). The minimum absolute atomic E-state index is 0.0543. The molecule has 0 radical (unpaired) electrons. The zero-order valence-electron chi connectivity index (χ0n) is 10.5. The third kappa shape index (κ3) is 2.82. The summed E-state index contributed by atoms with van der Waals surface area (Å²) in [7, 11) is 0. The number of hydrogen-bond donors (Lipinski definition) is 0. The Bertz CT molecular complexity index is 425. The predicted molar refractivity (Wildman–Crippen MR) is 62.0 cm³/mol. The highest BCUT2D eigenvalue weighted by Crippen LogP contribution is 2.31. The molecule has 0 atom stereocenters. The van der Waals surface area contributed by atoms with Gasteiger partial charge in [-0.2, -0.15) is 4.79 Å². The van der Waals surface area contributed by atoms with Gasteiger partial charge in [0.05, 0.1) is 18.1 Å². The normalized spacial score (nSPS) is 17.2. The smallest absolute Gasteiger partial charge is 0.418 e. The first-order valence-electron chi connectivity index (χ1n) is 5.39. The van der Waals surface area contributed by atoms with E-state index in [9.17, 15) is 4.79 Å². The number of carbonyl (C=O) groups excluding carboxylic acids is 1. The van der Waals surface area contributed by atoms with Crippen LogP contribution >= 0.6 is 0 Å². The summed E-state index contributed by atoms with van der Waals surface area (Å²) in [6, 6.07) is 0. The van der Waals surface area contributed by atoms with Crippen molar-refractivity contribution in [3.05, 3.63) is 29.2 Å². The van der Waals surface area contributed by atoms with Crippen molar-refractivity contribution >= 4 is 11.7 Å². The first-order chi connectivity index (χ1) is 7.92. The van der Waals surface area contributed by atoms with Crippen LogP contribution in [0.1, 0.15) is 27.7 Å². The lowest BCUT2D eigenvalue weighted by molar-refractivity contribution is -0.140. The van der Waals surface area contributed by atoms with Gasteiger partial charge in [-0.05, 0) is 39.8 Å². The van der Waals surface area contributed by atoms with E-state index < -0.39 is 11.4 Å². The molecule has 0 N–H and O–H groups in total. The molecule has 5 nitrogen and oxygen atoms in total. The van der Waals surface area contributed by atoms with E-state index in [1.165, 1.54) is 0 Å². The summed E-state index contributed by atoms with van der Waals surface area (Å²) in [6.07, 6.45) is 3.43. The van der Waals surface area contributed by atoms with Crippen molar-refractivity contribution < 1.29 is 19.1 Å². The monoisotopic (exact) mass is 236 g/mol. The zero-order chi connectivity index (χ0) is 13.1. The molecule has 0 bridgehead atoms. The quantitative estimate of drug-likeness (QED) is 0.326. The molecule has 0 saturated heterocycles. The van der Waals surface area contributed by atoms with Crippen LogP contribution in [0.3, 0.4) is 0 Å². The Morgan fingerprint density at radius 1 is 1.47 bits per heavy atom. The number of hydrogen-bond acceptors (Lipinski definition) is 3. The Kier molecular flexibility index (Phi) is 3.86. The molecule has 0 fully saturated rings. The van der Waals surface area contributed by atoms with Crippen molar-refractivity contribution in [3.63, 3.8) is 0 Å². The van der Waals surface area contributed by atoms with Crippen molar-refractivity contribution in [2.75, 3.05) is 6.61 Å². The Morgan fingerprint density at radius 2 is 2.00 bits per heavy atom. The van der Waals surface area contributed by atoms with Crippen LogP contribution in [0.25, 0.3) is 5.53 Å². The summed E-state index contributed by atoms with van der Waals surface area (Å²) in [5, 5.41) is 0. The lowest BCUT2D eigenvalue weighted by Crippen LogP contribution is -2.35. The SMILES string of the molecule is CCOC(=O)C(=[N+]=[N-])C1(C)C=C(C)OC(C)=C1. The number of carbonyl (C=O) groups is 1. The predicted octanol–water partition coefficient (Wildman–Crippen LogP) is 2.06. The fraction of sp³-hybridized carbons (Fsp3) is 0.500. The molecule has 1 aliphatic rings. The summed E-state index contributed by atoms with van der Waals surface area (Å²) in [4.78, 5) is 14.7. The third-order valence-electron chi connectivity index (χ3n) is 2.41. The van der Waals surface area contributed by atoms with Crippen LogP contribution in [-0.2, 0) is 14.3 Å². The maximum absolute atomic E-state index is 11.7. The number of nitrogens with zero attached hydrogens (tertiary/aromatic N) is 2. The lowest BCUT2D eigenvalue weighted by atomic mass is 9.82. The van der Waals surface area contributed by atoms with E-state index in [1.807, 2.05) is 0 Å². The van der Waals surface area contributed by atoms with Gasteiger partial charge in [-0.25, -0.2) is 4.79 Å². The van der Waals surface area contributed by atoms with Crippen molar-refractivity contribution in [2.24, 2.45) is 5.41 Å². The zero-order valence-corrected chi connectivity index (χ0v) is 10.5.